The van der Waals surface area contributed by atoms with E-state index in [1.165, 1.54) is 0 Å². The highest BCUT2D eigenvalue weighted by Gasteiger charge is 2.18. The van der Waals surface area contributed by atoms with Gasteiger partial charge in [-0.05, 0) is 33.8 Å². The lowest BCUT2D eigenvalue weighted by Crippen LogP contribution is -2.36. The molecule has 0 saturated carbocycles. The number of methoxy groups -OCH3 is 1. The van der Waals surface area contributed by atoms with Crippen LogP contribution in [0.5, 0.6) is 0 Å². The van der Waals surface area contributed by atoms with E-state index in [9.17, 15) is 5.26 Å². The molecule has 0 radical (unpaired) electrons. The van der Waals surface area contributed by atoms with Crippen LogP contribution in [-0.2, 0) is 4.74 Å². The van der Waals surface area contributed by atoms with Crippen molar-refractivity contribution in [1.29, 1.82) is 5.26 Å². The van der Waals surface area contributed by atoms with Gasteiger partial charge < -0.3 is 9.64 Å². The molecule has 18 heavy (non-hydrogen) atoms. The summed E-state index contributed by atoms with van der Waals surface area (Å²) >= 11 is 0. The Morgan fingerprint density at radius 3 is 2.67 bits per heavy atom. The fourth-order valence-corrected chi connectivity index (χ4v) is 2.22. The summed E-state index contributed by atoms with van der Waals surface area (Å²) in [5, 5.41) is 9.30. The van der Waals surface area contributed by atoms with Crippen molar-refractivity contribution in [3.05, 3.63) is 23.0 Å². The van der Waals surface area contributed by atoms with Gasteiger partial charge in [-0.1, -0.05) is 0 Å². The van der Waals surface area contributed by atoms with Gasteiger partial charge in [0.1, 0.15) is 6.07 Å². The molecule has 0 aliphatic carbocycles. The number of likely N-dealkylation sites (N-methyl/N-ethyl adjacent to an activating group) is 1. The highest BCUT2D eigenvalue weighted by molar-refractivity contribution is 5.62. The summed E-state index contributed by atoms with van der Waals surface area (Å²) in [5.74, 6) is 0. The molecule has 0 N–H and O–H groups in total. The molecule has 0 aliphatic heterocycles. The number of ether oxygens (including phenoxy) is 1. The van der Waals surface area contributed by atoms with Gasteiger partial charge in [0, 0.05) is 25.4 Å². The number of pyridine rings is 1. The first kappa shape index (κ1) is 14.5. The van der Waals surface area contributed by atoms with Gasteiger partial charge in [-0.25, -0.2) is 0 Å². The van der Waals surface area contributed by atoms with Gasteiger partial charge in [-0.3, -0.25) is 4.98 Å². The van der Waals surface area contributed by atoms with Gasteiger partial charge >= 0.3 is 0 Å². The molecule has 0 fully saturated rings. The molecule has 1 aromatic heterocycles. The van der Waals surface area contributed by atoms with Gasteiger partial charge in [-0.15, -0.1) is 0 Å². The molecule has 0 aromatic carbocycles. The lowest BCUT2D eigenvalue weighted by Gasteiger charge is -2.31. The Morgan fingerprint density at radius 2 is 2.17 bits per heavy atom. The van der Waals surface area contributed by atoms with Crippen LogP contribution in [0.3, 0.4) is 0 Å². The molecule has 4 nitrogen and oxygen atoms in total. The van der Waals surface area contributed by atoms with E-state index in [1.54, 1.807) is 7.11 Å². The van der Waals surface area contributed by atoms with Crippen LogP contribution in [0.15, 0.2) is 6.07 Å². The minimum atomic E-state index is 0.230. The summed E-state index contributed by atoms with van der Waals surface area (Å²) in [4.78, 5) is 6.53. The van der Waals surface area contributed by atoms with Crippen molar-refractivity contribution in [1.82, 2.24) is 4.98 Å². The maximum atomic E-state index is 9.30. The van der Waals surface area contributed by atoms with E-state index in [0.717, 1.165) is 23.6 Å². The second-order valence-electron chi connectivity index (χ2n) is 4.45. The molecular weight excluding hydrogens is 226 g/mol. The van der Waals surface area contributed by atoms with Gasteiger partial charge in [-0.2, -0.15) is 5.26 Å². The number of hydrogen-bond donors (Lipinski definition) is 0. The van der Waals surface area contributed by atoms with Crippen LogP contribution in [0.25, 0.3) is 0 Å². The number of aromatic nitrogens is 1. The molecule has 4 heteroatoms. The molecule has 0 saturated heterocycles. The topological polar surface area (TPSA) is 49.2 Å². The van der Waals surface area contributed by atoms with Crippen molar-refractivity contribution in [3.63, 3.8) is 0 Å². The third kappa shape index (κ3) is 2.99. The van der Waals surface area contributed by atoms with Crippen molar-refractivity contribution in [2.24, 2.45) is 0 Å². The van der Waals surface area contributed by atoms with Crippen molar-refractivity contribution >= 4 is 5.69 Å². The first-order valence-corrected chi connectivity index (χ1v) is 6.19. The summed E-state index contributed by atoms with van der Waals surface area (Å²) in [7, 11) is 1.69. The summed E-state index contributed by atoms with van der Waals surface area (Å²) < 4.78 is 5.20. The maximum Gasteiger partial charge on any atom is 0.103 e. The zero-order chi connectivity index (χ0) is 13.7. The first-order valence-electron chi connectivity index (χ1n) is 6.19. The molecule has 0 spiro atoms. The van der Waals surface area contributed by atoms with E-state index in [2.05, 4.69) is 29.8 Å². The SMILES string of the molecule is CCN(c1cc(C)nc(C)c1C#N)C(C)COC. The molecule has 1 rings (SSSR count). The maximum absolute atomic E-state index is 9.30. The molecular formula is C14H21N3O. The van der Waals surface area contributed by atoms with Crippen molar-refractivity contribution in [3.8, 4) is 6.07 Å². The summed E-state index contributed by atoms with van der Waals surface area (Å²) in [6, 6.07) is 4.46. The third-order valence-electron chi connectivity index (χ3n) is 3.01. The van der Waals surface area contributed by atoms with E-state index in [4.69, 9.17) is 4.74 Å². The van der Waals surface area contributed by atoms with Gasteiger partial charge in [0.25, 0.3) is 0 Å². The Bertz CT molecular complexity index is 451. The van der Waals surface area contributed by atoms with Crippen LogP contribution in [0, 0.1) is 25.2 Å². The van der Waals surface area contributed by atoms with E-state index in [1.807, 2.05) is 19.9 Å². The Hall–Kier alpha value is -1.60. The average Bonchev–Trinajstić information content (AvgIpc) is 2.29. The van der Waals surface area contributed by atoms with E-state index < -0.39 is 0 Å². The normalized spacial score (nSPS) is 12.0. The fourth-order valence-electron chi connectivity index (χ4n) is 2.22. The molecule has 0 amide bonds. The van der Waals surface area contributed by atoms with Crippen molar-refractivity contribution < 1.29 is 4.74 Å². The summed E-state index contributed by atoms with van der Waals surface area (Å²) in [6.07, 6.45) is 0. The van der Waals surface area contributed by atoms with E-state index >= 15 is 0 Å². The highest BCUT2D eigenvalue weighted by Crippen LogP contribution is 2.25. The molecule has 0 bridgehead atoms. The quantitative estimate of drug-likeness (QED) is 0.802. The first-order chi connectivity index (χ1) is 8.54. The number of rotatable bonds is 5. The van der Waals surface area contributed by atoms with Crippen molar-refractivity contribution in [2.45, 2.75) is 33.7 Å². The Balaban J connectivity index is 3.24. The standard InChI is InChI=1S/C14H21N3O/c1-6-17(11(3)9-18-5)14-7-10(2)16-12(4)13(14)8-15/h7,11H,6,9H2,1-5H3. The lowest BCUT2D eigenvalue weighted by atomic mass is 10.1. The molecule has 1 unspecified atom stereocenters. The zero-order valence-corrected chi connectivity index (χ0v) is 11.8. The third-order valence-corrected chi connectivity index (χ3v) is 3.01. The molecule has 0 aliphatic rings. The molecule has 1 heterocycles. The minimum absolute atomic E-state index is 0.230. The minimum Gasteiger partial charge on any atom is -0.383 e. The number of anilines is 1. The van der Waals surface area contributed by atoms with Crippen LogP contribution in [0.1, 0.15) is 30.8 Å². The van der Waals surface area contributed by atoms with E-state index in [-0.39, 0.29) is 6.04 Å². The van der Waals surface area contributed by atoms with Gasteiger partial charge in [0.15, 0.2) is 0 Å². The summed E-state index contributed by atoms with van der Waals surface area (Å²) in [6.45, 7) is 9.48. The van der Waals surface area contributed by atoms with Gasteiger partial charge in [0.05, 0.1) is 23.6 Å². The van der Waals surface area contributed by atoms with Crippen LogP contribution in [0.2, 0.25) is 0 Å². The molecule has 98 valence electrons. The average molecular weight is 247 g/mol. The number of nitriles is 1. The zero-order valence-electron chi connectivity index (χ0n) is 11.8. The lowest BCUT2D eigenvalue weighted by molar-refractivity contribution is 0.182. The van der Waals surface area contributed by atoms with Crippen LogP contribution >= 0.6 is 0 Å². The fraction of sp³-hybridized carbons (Fsp3) is 0.571. The summed E-state index contributed by atoms with van der Waals surface area (Å²) in [5.41, 5.74) is 3.33. The van der Waals surface area contributed by atoms with E-state index in [0.29, 0.717) is 12.2 Å². The van der Waals surface area contributed by atoms with Crippen LogP contribution in [0.4, 0.5) is 5.69 Å². The number of hydrogen-bond acceptors (Lipinski definition) is 4. The second kappa shape index (κ2) is 6.36. The second-order valence-corrected chi connectivity index (χ2v) is 4.45. The van der Waals surface area contributed by atoms with Gasteiger partial charge in [0.2, 0.25) is 0 Å². The highest BCUT2D eigenvalue weighted by atomic mass is 16.5. The predicted molar refractivity (Wildman–Crippen MR) is 72.8 cm³/mol. The molecule has 1 atom stereocenters. The van der Waals surface area contributed by atoms with Crippen LogP contribution in [-0.4, -0.2) is 31.3 Å². The van der Waals surface area contributed by atoms with Crippen molar-refractivity contribution in [2.75, 3.05) is 25.2 Å². The number of aryl methyl sites for hydroxylation is 2. The largest absolute Gasteiger partial charge is 0.383 e. The Kier molecular flexibility index (Phi) is 5.11. The molecule has 1 aromatic rings. The predicted octanol–water partition coefficient (Wildman–Crippen LogP) is 2.43. The van der Waals surface area contributed by atoms with Crippen LogP contribution < -0.4 is 4.90 Å². The Morgan fingerprint density at radius 1 is 1.50 bits per heavy atom. The Labute approximate surface area is 109 Å². The monoisotopic (exact) mass is 247 g/mol. The smallest absolute Gasteiger partial charge is 0.103 e. The number of nitrogens with zero attached hydrogens (tertiary/aromatic N) is 3.